The van der Waals surface area contributed by atoms with E-state index in [2.05, 4.69) is 5.32 Å². The number of anilines is 1. The molecule has 1 amide bonds. The third-order valence-electron chi connectivity index (χ3n) is 2.73. The first-order valence-corrected chi connectivity index (χ1v) is 6.49. The van der Waals surface area contributed by atoms with Gasteiger partial charge in [0.25, 0.3) is 0 Å². The summed E-state index contributed by atoms with van der Waals surface area (Å²) in [7, 11) is 1.84. The topological polar surface area (TPSA) is 32.3 Å². The van der Waals surface area contributed by atoms with Gasteiger partial charge >= 0.3 is 0 Å². The molecule has 1 aliphatic heterocycles. The minimum atomic E-state index is -0.0319. The van der Waals surface area contributed by atoms with Crippen molar-refractivity contribution < 1.29 is 4.79 Å². The predicted molar refractivity (Wildman–Crippen MR) is 68.8 cm³/mol. The van der Waals surface area contributed by atoms with Gasteiger partial charge in [0.2, 0.25) is 5.91 Å². The second-order valence-corrected chi connectivity index (χ2v) is 5.04. The van der Waals surface area contributed by atoms with Crippen LogP contribution in [0.5, 0.6) is 0 Å². The maximum Gasteiger partial charge on any atom is 0.244 e. The average molecular weight is 236 g/mol. The van der Waals surface area contributed by atoms with Crippen LogP contribution in [0.2, 0.25) is 0 Å². The Balaban J connectivity index is 2.11. The molecular weight excluding hydrogens is 220 g/mol. The number of carbonyl (C=O) groups excluding carboxylic acids is 1. The molecular formula is C12H16N2OS. The summed E-state index contributed by atoms with van der Waals surface area (Å²) in [4.78, 5) is 13.8. The van der Waals surface area contributed by atoms with Crippen LogP contribution in [0.1, 0.15) is 5.56 Å². The Morgan fingerprint density at radius 3 is 3.00 bits per heavy atom. The van der Waals surface area contributed by atoms with Crippen molar-refractivity contribution in [3.8, 4) is 0 Å². The van der Waals surface area contributed by atoms with E-state index in [9.17, 15) is 4.79 Å². The van der Waals surface area contributed by atoms with Gasteiger partial charge in [0.1, 0.15) is 0 Å². The standard InChI is InChI=1S/C12H16N2OS/c1-9-4-3-5-10(6-9)14(2)12(15)11-7-16-8-13-11/h3-6,11,13H,7-8H2,1-2H3. The Morgan fingerprint density at radius 1 is 1.56 bits per heavy atom. The molecule has 1 atom stereocenters. The SMILES string of the molecule is Cc1cccc(N(C)C(=O)C2CSCN2)c1. The number of likely N-dealkylation sites (N-methyl/N-ethyl adjacent to an activating group) is 1. The molecule has 0 aromatic heterocycles. The van der Waals surface area contributed by atoms with Crippen molar-refractivity contribution in [1.82, 2.24) is 5.32 Å². The maximum absolute atomic E-state index is 12.1. The third-order valence-corrected chi connectivity index (χ3v) is 3.67. The maximum atomic E-state index is 12.1. The number of aryl methyl sites for hydroxylation is 1. The Labute approximate surface area is 100 Å². The molecule has 0 radical (unpaired) electrons. The molecule has 16 heavy (non-hydrogen) atoms. The number of rotatable bonds is 2. The van der Waals surface area contributed by atoms with Crippen LogP contribution >= 0.6 is 11.8 Å². The number of nitrogens with zero attached hydrogens (tertiary/aromatic N) is 1. The number of carbonyl (C=O) groups is 1. The minimum Gasteiger partial charge on any atom is -0.314 e. The van der Waals surface area contributed by atoms with Crippen molar-refractivity contribution in [2.45, 2.75) is 13.0 Å². The van der Waals surface area contributed by atoms with Crippen LogP contribution in [-0.2, 0) is 4.79 Å². The molecule has 1 N–H and O–H groups in total. The monoisotopic (exact) mass is 236 g/mol. The quantitative estimate of drug-likeness (QED) is 0.847. The molecule has 4 heteroatoms. The van der Waals surface area contributed by atoms with Crippen LogP contribution in [-0.4, -0.2) is 30.6 Å². The molecule has 3 nitrogen and oxygen atoms in total. The first kappa shape index (κ1) is 11.5. The van der Waals surface area contributed by atoms with E-state index in [4.69, 9.17) is 0 Å². The lowest BCUT2D eigenvalue weighted by molar-refractivity contribution is -0.119. The number of hydrogen-bond acceptors (Lipinski definition) is 3. The molecule has 0 spiro atoms. The number of hydrogen-bond donors (Lipinski definition) is 1. The number of thioether (sulfide) groups is 1. The Morgan fingerprint density at radius 2 is 2.38 bits per heavy atom. The summed E-state index contributed by atoms with van der Waals surface area (Å²) in [5.41, 5.74) is 2.13. The van der Waals surface area contributed by atoms with Gasteiger partial charge in [-0.1, -0.05) is 12.1 Å². The van der Waals surface area contributed by atoms with Crippen molar-refractivity contribution >= 4 is 23.4 Å². The number of amides is 1. The molecule has 1 heterocycles. The highest BCUT2D eigenvalue weighted by atomic mass is 32.2. The molecule has 86 valence electrons. The van der Waals surface area contributed by atoms with Gasteiger partial charge in [-0.15, -0.1) is 11.8 Å². The summed E-state index contributed by atoms with van der Waals surface area (Å²) in [6.45, 7) is 2.03. The van der Waals surface area contributed by atoms with Gasteiger partial charge in [-0.05, 0) is 24.6 Å². The van der Waals surface area contributed by atoms with Crippen molar-refractivity contribution in [2.24, 2.45) is 0 Å². The van der Waals surface area contributed by atoms with Gasteiger partial charge in [0.15, 0.2) is 0 Å². The molecule has 0 aliphatic carbocycles. The van der Waals surface area contributed by atoms with E-state index in [1.807, 2.05) is 38.2 Å². The lowest BCUT2D eigenvalue weighted by Gasteiger charge is -2.21. The summed E-state index contributed by atoms with van der Waals surface area (Å²) in [6, 6.07) is 7.97. The first-order valence-electron chi connectivity index (χ1n) is 5.34. The third kappa shape index (κ3) is 2.39. The Bertz CT molecular complexity index is 388. The molecule has 1 unspecified atom stereocenters. The van der Waals surface area contributed by atoms with Gasteiger partial charge in [-0.3, -0.25) is 10.1 Å². The van der Waals surface area contributed by atoms with E-state index in [1.165, 1.54) is 5.56 Å². The highest BCUT2D eigenvalue weighted by Crippen LogP contribution is 2.18. The highest BCUT2D eigenvalue weighted by molar-refractivity contribution is 7.99. The predicted octanol–water partition coefficient (Wildman–Crippen LogP) is 1.62. The van der Waals surface area contributed by atoms with Crippen LogP contribution in [0.15, 0.2) is 24.3 Å². The molecule has 0 saturated carbocycles. The summed E-state index contributed by atoms with van der Waals surface area (Å²) in [5, 5.41) is 3.19. The summed E-state index contributed by atoms with van der Waals surface area (Å²) in [6.07, 6.45) is 0. The van der Waals surface area contributed by atoms with Crippen LogP contribution in [0.25, 0.3) is 0 Å². The molecule has 1 aromatic carbocycles. The lowest BCUT2D eigenvalue weighted by Crippen LogP contribution is -2.43. The van der Waals surface area contributed by atoms with Gasteiger partial charge in [-0.25, -0.2) is 0 Å². The zero-order chi connectivity index (χ0) is 11.5. The van der Waals surface area contributed by atoms with Crippen molar-refractivity contribution in [3.05, 3.63) is 29.8 Å². The summed E-state index contributed by atoms with van der Waals surface area (Å²) in [5.74, 6) is 1.89. The summed E-state index contributed by atoms with van der Waals surface area (Å²) >= 11 is 1.77. The minimum absolute atomic E-state index is 0.0319. The van der Waals surface area contributed by atoms with E-state index in [1.54, 1.807) is 16.7 Å². The van der Waals surface area contributed by atoms with E-state index in [0.29, 0.717) is 0 Å². The highest BCUT2D eigenvalue weighted by Gasteiger charge is 2.25. The molecule has 1 fully saturated rings. The normalized spacial score (nSPS) is 19.8. The van der Waals surface area contributed by atoms with Gasteiger partial charge in [0.05, 0.1) is 6.04 Å². The lowest BCUT2D eigenvalue weighted by atomic mass is 10.2. The second-order valence-electron chi connectivity index (χ2n) is 4.01. The number of nitrogens with one attached hydrogen (secondary N) is 1. The Kier molecular flexibility index (Phi) is 3.51. The van der Waals surface area contributed by atoms with Crippen molar-refractivity contribution in [1.29, 1.82) is 0 Å². The van der Waals surface area contributed by atoms with E-state index in [-0.39, 0.29) is 11.9 Å². The van der Waals surface area contributed by atoms with E-state index >= 15 is 0 Å². The zero-order valence-electron chi connectivity index (χ0n) is 9.56. The summed E-state index contributed by atoms with van der Waals surface area (Å²) < 4.78 is 0. The van der Waals surface area contributed by atoms with Crippen LogP contribution in [0.4, 0.5) is 5.69 Å². The fourth-order valence-electron chi connectivity index (χ4n) is 1.75. The van der Waals surface area contributed by atoms with Crippen LogP contribution < -0.4 is 10.2 Å². The Hall–Kier alpha value is -1.00. The molecule has 0 bridgehead atoms. The molecule has 1 saturated heterocycles. The van der Waals surface area contributed by atoms with Crippen LogP contribution in [0.3, 0.4) is 0 Å². The van der Waals surface area contributed by atoms with E-state index in [0.717, 1.165) is 17.3 Å². The zero-order valence-corrected chi connectivity index (χ0v) is 10.4. The van der Waals surface area contributed by atoms with Gasteiger partial charge < -0.3 is 4.90 Å². The van der Waals surface area contributed by atoms with Crippen molar-refractivity contribution in [3.63, 3.8) is 0 Å². The van der Waals surface area contributed by atoms with Crippen LogP contribution in [0, 0.1) is 6.92 Å². The fourth-order valence-corrected chi connectivity index (χ4v) is 2.68. The molecule has 1 aromatic rings. The first-order chi connectivity index (χ1) is 7.68. The van der Waals surface area contributed by atoms with Gasteiger partial charge in [0, 0.05) is 24.4 Å². The largest absolute Gasteiger partial charge is 0.314 e. The average Bonchev–Trinajstić information content (AvgIpc) is 2.80. The smallest absolute Gasteiger partial charge is 0.244 e. The van der Waals surface area contributed by atoms with Crippen molar-refractivity contribution in [2.75, 3.05) is 23.6 Å². The van der Waals surface area contributed by atoms with Gasteiger partial charge in [-0.2, -0.15) is 0 Å². The number of benzene rings is 1. The fraction of sp³-hybridized carbons (Fsp3) is 0.417. The second kappa shape index (κ2) is 4.89. The molecule has 2 rings (SSSR count). The van der Waals surface area contributed by atoms with E-state index < -0.39 is 0 Å². The molecule has 1 aliphatic rings.